The van der Waals surface area contributed by atoms with Gasteiger partial charge in [0, 0.05) is 25.7 Å². The molecule has 2 heterocycles. The molecule has 1 aliphatic carbocycles. The Morgan fingerprint density at radius 3 is 2.43 bits per heavy atom. The molecule has 0 spiro atoms. The maximum atomic E-state index is 12.3. The van der Waals surface area contributed by atoms with Crippen LogP contribution in [-0.4, -0.2) is 60.4 Å². The Balaban J connectivity index is 1.46. The zero-order valence-electron chi connectivity index (χ0n) is 12.9. The third kappa shape index (κ3) is 4.19. The lowest BCUT2D eigenvalue weighted by molar-refractivity contribution is -0.135. The number of amides is 2. The quantitative estimate of drug-likeness (QED) is 0.841. The van der Waals surface area contributed by atoms with Gasteiger partial charge in [0.05, 0.1) is 12.5 Å². The number of likely N-dealkylation sites (tertiary alicyclic amines) is 2. The van der Waals surface area contributed by atoms with E-state index in [2.05, 4.69) is 10.2 Å². The maximum absolute atomic E-state index is 12.3. The second-order valence-corrected chi connectivity index (χ2v) is 6.80. The van der Waals surface area contributed by atoms with Crippen molar-refractivity contribution in [3.05, 3.63) is 0 Å². The lowest BCUT2D eigenvalue weighted by atomic mass is 9.97. The Bertz CT molecular complexity index is 389. The van der Waals surface area contributed by atoms with Crippen molar-refractivity contribution in [2.45, 2.75) is 51.0 Å². The number of carbonyl (C=O) groups is 2. The van der Waals surface area contributed by atoms with Crippen LogP contribution in [0.4, 0.5) is 0 Å². The molecule has 0 unspecified atom stereocenters. The third-order valence-corrected chi connectivity index (χ3v) is 4.87. The van der Waals surface area contributed by atoms with Crippen molar-refractivity contribution in [1.29, 1.82) is 0 Å². The van der Waals surface area contributed by atoms with Crippen molar-refractivity contribution in [2.24, 2.45) is 5.92 Å². The van der Waals surface area contributed by atoms with E-state index in [-0.39, 0.29) is 17.7 Å². The van der Waals surface area contributed by atoms with Crippen LogP contribution in [0.5, 0.6) is 0 Å². The van der Waals surface area contributed by atoms with E-state index in [4.69, 9.17) is 0 Å². The van der Waals surface area contributed by atoms with Crippen molar-refractivity contribution in [3.63, 3.8) is 0 Å². The van der Waals surface area contributed by atoms with Crippen molar-refractivity contribution in [2.75, 3.05) is 32.7 Å². The van der Waals surface area contributed by atoms with E-state index in [0.717, 1.165) is 64.7 Å². The van der Waals surface area contributed by atoms with E-state index < -0.39 is 0 Å². The van der Waals surface area contributed by atoms with Crippen LogP contribution in [0.3, 0.4) is 0 Å². The molecule has 3 aliphatic rings. The van der Waals surface area contributed by atoms with Crippen molar-refractivity contribution >= 4 is 11.8 Å². The third-order valence-electron chi connectivity index (χ3n) is 4.87. The first-order valence-corrected chi connectivity index (χ1v) is 8.53. The first-order valence-electron chi connectivity index (χ1n) is 8.53. The maximum Gasteiger partial charge on any atom is 0.236 e. The molecule has 5 heteroatoms. The average molecular weight is 293 g/mol. The normalized spacial score (nSPS) is 27.4. The molecule has 0 aromatic carbocycles. The number of piperidine rings is 2. The highest BCUT2D eigenvalue weighted by Gasteiger charge is 2.31. The largest absolute Gasteiger partial charge is 0.353 e. The van der Waals surface area contributed by atoms with Crippen molar-refractivity contribution in [3.8, 4) is 0 Å². The molecule has 21 heavy (non-hydrogen) atoms. The number of hydrogen-bond donors (Lipinski definition) is 1. The molecule has 1 N–H and O–H groups in total. The summed E-state index contributed by atoms with van der Waals surface area (Å²) in [5.41, 5.74) is 0. The van der Waals surface area contributed by atoms with Gasteiger partial charge in [-0.05, 0) is 51.5 Å². The molecule has 2 saturated heterocycles. The highest BCUT2D eigenvalue weighted by atomic mass is 16.2. The standard InChI is InChI=1S/C16H27N3O2/c20-15(19-9-2-1-3-10-19)12-18-8-4-5-13(11-18)16(21)17-14-6-7-14/h13-14H,1-12H2,(H,17,21)/t13-/m1/s1. The lowest BCUT2D eigenvalue weighted by Crippen LogP contribution is -2.48. The van der Waals surface area contributed by atoms with Crippen LogP contribution in [0.2, 0.25) is 0 Å². The highest BCUT2D eigenvalue weighted by molar-refractivity contribution is 5.80. The Labute approximate surface area is 127 Å². The smallest absolute Gasteiger partial charge is 0.236 e. The van der Waals surface area contributed by atoms with Crippen LogP contribution >= 0.6 is 0 Å². The zero-order chi connectivity index (χ0) is 14.7. The first kappa shape index (κ1) is 14.8. The number of nitrogens with zero attached hydrogens (tertiary/aromatic N) is 2. The summed E-state index contributed by atoms with van der Waals surface area (Å²) in [6.07, 6.45) is 7.78. The number of hydrogen-bond acceptors (Lipinski definition) is 3. The Kier molecular flexibility index (Phi) is 4.78. The predicted octanol–water partition coefficient (Wildman–Crippen LogP) is 0.989. The Morgan fingerprint density at radius 2 is 1.71 bits per heavy atom. The molecule has 0 radical (unpaired) electrons. The summed E-state index contributed by atoms with van der Waals surface area (Å²) in [5.74, 6) is 0.527. The van der Waals surface area contributed by atoms with Gasteiger partial charge in [0.1, 0.15) is 0 Å². The molecular formula is C16H27N3O2. The van der Waals surface area contributed by atoms with Crippen LogP contribution < -0.4 is 5.32 Å². The van der Waals surface area contributed by atoms with Gasteiger partial charge >= 0.3 is 0 Å². The van der Waals surface area contributed by atoms with Gasteiger partial charge in [0.2, 0.25) is 11.8 Å². The van der Waals surface area contributed by atoms with Crippen LogP contribution in [0.25, 0.3) is 0 Å². The number of nitrogens with one attached hydrogen (secondary N) is 1. The minimum Gasteiger partial charge on any atom is -0.353 e. The van der Waals surface area contributed by atoms with Gasteiger partial charge in [-0.2, -0.15) is 0 Å². The first-order chi connectivity index (χ1) is 10.2. The van der Waals surface area contributed by atoms with Crippen LogP contribution in [0.1, 0.15) is 44.9 Å². The zero-order valence-corrected chi connectivity index (χ0v) is 12.9. The Hall–Kier alpha value is -1.10. The fourth-order valence-electron chi connectivity index (χ4n) is 3.39. The summed E-state index contributed by atoms with van der Waals surface area (Å²) < 4.78 is 0. The molecule has 3 rings (SSSR count). The molecule has 1 saturated carbocycles. The van der Waals surface area contributed by atoms with Gasteiger partial charge in [-0.1, -0.05) is 0 Å². The number of carbonyl (C=O) groups excluding carboxylic acids is 2. The van der Waals surface area contributed by atoms with E-state index in [1.807, 2.05) is 4.90 Å². The van der Waals surface area contributed by atoms with Crippen molar-refractivity contribution in [1.82, 2.24) is 15.1 Å². The van der Waals surface area contributed by atoms with Crippen molar-refractivity contribution < 1.29 is 9.59 Å². The molecule has 2 amide bonds. The van der Waals surface area contributed by atoms with Gasteiger partial charge in [-0.25, -0.2) is 0 Å². The van der Waals surface area contributed by atoms with Crippen LogP contribution in [-0.2, 0) is 9.59 Å². The summed E-state index contributed by atoms with van der Waals surface area (Å²) in [7, 11) is 0. The fraction of sp³-hybridized carbons (Fsp3) is 0.875. The van der Waals surface area contributed by atoms with E-state index in [0.29, 0.717) is 12.6 Å². The van der Waals surface area contributed by atoms with Crippen LogP contribution in [0.15, 0.2) is 0 Å². The summed E-state index contributed by atoms with van der Waals surface area (Å²) >= 11 is 0. The summed E-state index contributed by atoms with van der Waals surface area (Å²) in [5, 5.41) is 3.10. The topological polar surface area (TPSA) is 52.7 Å². The molecular weight excluding hydrogens is 266 g/mol. The molecule has 118 valence electrons. The monoisotopic (exact) mass is 293 g/mol. The average Bonchev–Trinajstić information content (AvgIpc) is 3.32. The van der Waals surface area contributed by atoms with Gasteiger partial charge < -0.3 is 10.2 Å². The molecule has 0 bridgehead atoms. The van der Waals surface area contributed by atoms with Gasteiger partial charge in [0.25, 0.3) is 0 Å². The highest BCUT2D eigenvalue weighted by Crippen LogP contribution is 2.22. The second-order valence-electron chi connectivity index (χ2n) is 6.80. The summed E-state index contributed by atoms with van der Waals surface area (Å²) in [6.45, 7) is 4.02. The van der Waals surface area contributed by atoms with Gasteiger partial charge in [-0.3, -0.25) is 14.5 Å². The van der Waals surface area contributed by atoms with E-state index in [9.17, 15) is 9.59 Å². The second kappa shape index (κ2) is 6.77. The number of rotatable bonds is 4. The minimum atomic E-state index is 0.0773. The molecule has 3 fully saturated rings. The lowest BCUT2D eigenvalue weighted by Gasteiger charge is -2.34. The molecule has 1 atom stereocenters. The summed E-state index contributed by atoms with van der Waals surface area (Å²) in [4.78, 5) is 28.6. The van der Waals surface area contributed by atoms with Gasteiger partial charge in [-0.15, -0.1) is 0 Å². The fourth-order valence-corrected chi connectivity index (χ4v) is 3.39. The Morgan fingerprint density at radius 1 is 0.952 bits per heavy atom. The minimum absolute atomic E-state index is 0.0773. The molecule has 5 nitrogen and oxygen atoms in total. The molecule has 0 aromatic heterocycles. The molecule has 0 aromatic rings. The van der Waals surface area contributed by atoms with Gasteiger partial charge in [0.15, 0.2) is 0 Å². The van der Waals surface area contributed by atoms with Crippen LogP contribution in [0, 0.1) is 5.92 Å². The SMILES string of the molecule is O=C(NC1CC1)[C@@H]1CCCN(CC(=O)N2CCCCC2)C1. The van der Waals surface area contributed by atoms with E-state index >= 15 is 0 Å². The van der Waals surface area contributed by atoms with E-state index in [1.165, 1.54) is 6.42 Å². The van der Waals surface area contributed by atoms with E-state index in [1.54, 1.807) is 0 Å². The summed E-state index contributed by atoms with van der Waals surface area (Å²) in [6, 6.07) is 0.433. The molecule has 2 aliphatic heterocycles. The predicted molar refractivity (Wildman–Crippen MR) is 80.8 cm³/mol.